The lowest BCUT2D eigenvalue weighted by Gasteiger charge is -2.18. The largest absolute Gasteiger partial charge is 0.496 e. The number of methoxy groups -OCH3 is 1. The number of likely N-dealkylation sites (tertiary alicyclic amines) is 1. The number of carbonyl (C=O) groups excluding carboxylic acids is 1. The molecule has 28 heavy (non-hydrogen) atoms. The van der Waals surface area contributed by atoms with Crippen molar-refractivity contribution in [2.45, 2.75) is 17.7 Å². The van der Waals surface area contributed by atoms with Crippen molar-refractivity contribution < 1.29 is 17.9 Å². The number of anilines is 1. The average molecular weight is 464 g/mol. The van der Waals surface area contributed by atoms with Crippen LogP contribution in [0.5, 0.6) is 5.75 Å². The van der Waals surface area contributed by atoms with Crippen molar-refractivity contribution in [3.05, 3.63) is 51.0 Å². The van der Waals surface area contributed by atoms with E-state index in [4.69, 9.17) is 39.5 Å². The maximum absolute atomic E-state index is 12.8. The summed E-state index contributed by atoms with van der Waals surface area (Å²) in [5.74, 6) is 0.0439. The van der Waals surface area contributed by atoms with Gasteiger partial charge in [0, 0.05) is 13.1 Å². The van der Waals surface area contributed by atoms with E-state index < -0.39 is 10.0 Å². The van der Waals surface area contributed by atoms with E-state index >= 15 is 0 Å². The fraction of sp³-hybridized carbons (Fsp3) is 0.278. The number of nitrogens with zero attached hydrogens (tertiary/aromatic N) is 1. The van der Waals surface area contributed by atoms with Crippen molar-refractivity contribution in [2.24, 2.45) is 0 Å². The van der Waals surface area contributed by atoms with Gasteiger partial charge in [-0.2, -0.15) is 0 Å². The maximum Gasteiger partial charge on any atom is 0.261 e. The summed E-state index contributed by atoms with van der Waals surface area (Å²) in [7, 11) is -2.60. The van der Waals surface area contributed by atoms with E-state index in [1.807, 2.05) is 0 Å². The number of carbonyl (C=O) groups is 1. The Labute approximate surface area is 178 Å². The van der Waals surface area contributed by atoms with E-state index in [1.54, 1.807) is 4.90 Å². The lowest BCUT2D eigenvalue weighted by Crippen LogP contribution is -2.28. The Hall–Kier alpha value is -1.67. The van der Waals surface area contributed by atoms with Crippen molar-refractivity contribution in [3.8, 4) is 5.75 Å². The maximum atomic E-state index is 12.8. The number of benzene rings is 2. The molecule has 1 saturated heterocycles. The molecule has 150 valence electrons. The van der Waals surface area contributed by atoms with Crippen molar-refractivity contribution in [2.75, 3.05) is 24.9 Å². The third kappa shape index (κ3) is 4.33. The molecule has 0 aliphatic carbocycles. The molecule has 1 fully saturated rings. The summed E-state index contributed by atoms with van der Waals surface area (Å²) in [6.45, 7) is 1.27. The first-order valence-corrected chi connectivity index (χ1v) is 11.0. The van der Waals surface area contributed by atoms with E-state index in [9.17, 15) is 13.2 Å². The molecule has 0 spiro atoms. The van der Waals surface area contributed by atoms with Gasteiger partial charge in [0.25, 0.3) is 15.9 Å². The average Bonchev–Trinajstić information content (AvgIpc) is 3.19. The van der Waals surface area contributed by atoms with Gasteiger partial charge in [0.1, 0.15) is 5.75 Å². The van der Waals surface area contributed by atoms with E-state index in [-0.39, 0.29) is 37.1 Å². The fourth-order valence-electron chi connectivity index (χ4n) is 2.92. The highest BCUT2D eigenvalue weighted by Gasteiger charge is 2.25. The molecule has 2 aromatic carbocycles. The van der Waals surface area contributed by atoms with Crippen LogP contribution in [-0.2, 0) is 10.0 Å². The molecule has 6 nitrogen and oxygen atoms in total. The summed E-state index contributed by atoms with van der Waals surface area (Å²) >= 11 is 17.9. The van der Waals surface area contributed by atoms with Gasteiger partial charge in [-0.25, -0.2) is 8.42 Å². The van der Waals surface area contributed by atoms with Gasteiger partial charge in [0.15, 0.2) is 0 Å². The van der Waals surface area contributed by atoms with Gasteiger partial charge in [0.05, 0.1) is 38.3 Å². The molecule has 3 rings (SSSR count). The predicted molar refractivity (Wildman–Crippen MR) is 110 cm³/mol. The van der Waals surface area contributed by atoms with Gasteiger partial charge in [-0.15, -0.1) is 0 Å². The molecule has 0 saturated carbocycles. The summed E-state index contributed by atoms with van der Waals surface area (Å²) in [5, 5.41) is 0.459. The van der Waals surface area contributed by atoms with Crippen LogP contribution in [-0.4, -0.2) is 39.4 Å². The minimum atomic E-state index is -4.03. The molecule has 1 aliphatic rings. The molecule has 0 radical (unpaired) electrons. The van der Waals surface area contributed by atoms with Crippen molar-refractivity contribution in [1.82, 2.24) is 4.90 Å². The minimum absolute atomic E-state index is 0.0827. The first-order valence-electron chi connectivity index (χ1n) is 8.37. The Morgan fingerprint density at radius 3 is 2.32 bits per heavy atom. The molecule has 1 amide bonds. The Balaban J connectivity index is 1.97. The first kappa shape index (κ1) is 21.0. The van der Waals surface area contributed by atoms with Crippen LogP contribution in [0.4, 0.5) is 5.69 Å². The van der Waals surface area contributed by atoms with Gasteiger partial charge in [-0.1, -0.05) is 34.8 Å². The molecule has 2 aromatic rings. The zero-order chi connectivity index (χ0) is 20.5. The van der Waals surface area contributed by atoms with Crippen LogP contribution in [0.3, 0.4) is 0 Å². The third-order valence-electron chi connectivity index (χ3n) is 4.36. The molecule has 0 aromatic heterocycles. The highest BCUT2D eigenvalue weighted by atomic mass is 35.5. The number of sulfonamides is 1. The first-order chi connectivity index (χ1) is 13.2. The van der Waals surface area contributed by atoms with Crippen LogP contribution in [0.15, 0.2) is 35.2 Å². The zero-order valence-corrected chi connectivity index (χ0v) is 17.9. The highest BCUT2D eigenvalue weighted by Crippen LogP contribution is 2.34. The number of halogens is 3. The van der Waals surface area contributed by atoms with Crippen LogP contribution in [0.2, 0.25) is 15.1 Å². The van der Waals surface area contributed by atoms with Crippen LogP contribution >= 0.6 is 34.8 Å². The second kappa shape index (κ2) is 8.37. The smallest absolute Gasteiger partial charge is 0.261 e. The van der Waals surface area contributed by atoms with Crippen LogP contribution in [0, 0.1) is 0 Å². The molecular formula is C18H17Cl3N2O4S. The number of nitrogens with one attached hydrogen (secondary N) is 1. The zero-order valence-electron chi connectivity index (χ0n) is 14.8. The van der Waals surface area contributed by atoms with Crippen LogP contribution in [0.25, 0.3) is 0 Å². The van der Waals surface area contributed by atoms with E-state index in [1.165, 1.54) is 37.4 Å². The molecule has 10 heteroatoms. The lowest BCUT2D eigenvalue weighted by atomic mass is 10.1. The number of hydrogen-bond donors (Lipinski definition) is 1. The van der Waals surface area contributed by atoms with Crippen LogP contribution < -0.4 is 9.46 Å². The SMILES string of the molecule is COc1ccc(S(=O)(=O)Nc2cc(Cl)c(Cl)cc2Cl)cc1C(=O)N1CCCC1. The summed E-state index contributed by atoms with van der Waals surface area (Å²) in [5.41, 5.74) is 0.270. The number of rotatable bonds is 5. The van der Waals surface area contributed by atoms with E-state index in [2.05, 4.69) is 4.72 Å². The van der Waals surface area contributed by atoms with Gasteiger partial charge in [0.2, 0.25) is 0 Å². The predicted octanol–water partition coefficient (Wildman–Crippen LogP) is 4.69. The van der Waals surface area contributed by atoms with Gasteiger partial charge >= 0.3 is 0 Å². The molecular weight excluding hydrogens is 447 g/mol. The minimum Gasteiger partial charge on any atom is -0.496 e. The summed E-state index contributed by atoms with van der Waals surface area (Å²) in [6, 6.07) is 6.78. The monoisotopic (exact) mass is 462 g/mol. The number of ether oxygens (including phenoxy) is 1. The topological polar surface area (TPSA) is 75.7 Å². The van der Waals surface area contributed by atoms with Crippen molar-refractivity contribution in [3.63, 3.8) is 0 Å². The second-order valence-electron chi connectivity index (χ2n) is 6.21. The normalized spacial score (nSPS) is 14.2. The molecule has 0 atom stereocenters. The summed E-state index contributed by atoms with van der Waals surface area (Å²) < 4.78 is 33.3. The quantitative estimate of drug-likeness (QED) is 0.653. The third-order valence-corrected chi connectivity index (χ3v) is 6.76. The lowest BCUT2D eigenvalue weighted by molar-refractivity contribution is 0.0789. The van der Waals surface area contributed by atoms with Crippen molar-refractivity contribution >= 4 is 56.4 Å². The Morgan fingerprint density at radius 2 is 1.68 bits per heavy atom. The van der Waals surface area contributed by atoms with Gasteiger partial charge < -0.3 is 9.64 Å². The standard InChI is InChI=1S/C18H17Cl3N2O4S/c1-27-17-5-4-11(8-12(17)18(24)23-6-2-3-7-23)28(25,26)22-16-10-14(20)13(19)9-15(16)21/h4-5,8-10,22H,2-3,6-7H2,1H3. The Morgan fingerprint density at radius 1 is 1.04 bits per heavy atom. The Bertz CT molecular complexity index is 1020. The van der Waals surface area contributed by atoms with E-state index in [0.717, 1.165) is 12.8 Å². The number of hydrogen-bond acceptors (Lipinski definition) is 4. The van der Waals surface area contributed by atoms with Crippen molar-refractivity contribution in [1.29, 1.82) is 0 Å². The highest BCUT2D eigenvalue weighted by molar-refractivity contribution is 7.92. The fourth-order valence-corrected chi connectivity index (χ4v) is 4.66. The Kier molecular flexibility index (Phi) is 6.29. The molecule has 0 unspecified atom stereocenters. The van der Waals surface area contributed by atoms with Gasteiger partial charge in [-0.05, 0) is 43.2 Å². The van der Waals surface area contributed by atoms with Gasteiger partial charge in [-0.3, -0.25) is 9.52 Å². The molecule has 1 aliphatic heterocycles. The second-order valence-corrected chi connectivity index (χ2v) is 9.12. The molecule has 1 N–H and O–H groups in total. The van der Waals surface area contributed by atoms with Crippen LogP contribution in [0.1, 0.15) is 23.2 Å². The molecule has 0 bridgehead atoms. The molecule has 1 heterocycles. The number of amides is 1. The summed E-state index contributed by atoms with van der Waals surface area (Å²) in [6.07, 6.45) is 1.84. The summed E-state index contributed by atoms with van der Waals surface area (Å²) in [4.78, 5) is 14.4. The van der Waals surface area contributed by atoms with E-state index in [0.29, 0.717) is 18.8 Å².